The Morgan fingerprint density at radius 2 is 1.55 bits per heavy atom. The van der Waals surface area contributed by atoms with Crippen molar-refractivity contribution in [1.82, 2.24) is 5.32 Å². The summed E-state index contributed by atoms with van der Waals surface area (Å²) in [4.78, 5) is 24.5. The maximum absolute atomic E-state index is 14.7. The molecule has 2 amide bonds. The molecule has 2 aromatic carbocycles. The Balaban J connectivity index is 1.77. The highest BCUT2D eigenvalue weighted by Crippen LogP contribution is 2.32. The van der Waals surface area contributed by atoms with E-state index < -0.39 is 46.8 Å². The number of carbonyl (C=O) groups is 2. The van der Waals surface area contributed by atoms with E-state index in [1.54, 1.807) is 0 Å². The lowest BCUT2D eigenvalue weighted by atomic mass is 9.87. The van der Waals surface area contributed by atoms with Gasteiger partial charge in [-0.3, -0.25) is 9.59 Å². The van der Waals surface area contributed by atoms with Crippen LogP contribution in [0.2, 0.25) is 0 Å². The number of rotatable bonds is 5. The number of benzene rings is 2. The molecule has 0 atom stereocenters. The Labute approximate surface area is 175 Å². The van der Waals surface area contributed by atoms with Gasteiger partial charge in [0.25, 0.3) is 11.8 Å². The Bertz CT molecular complexity index is 988. The highest BCUT2D eigenvalue weighted by atomic mass is 19.3. The molecule has 4 nitrogen and oxygen atoms in total. The minimum atomic E-state index is -4.20. The van der Waals surface area contributed by atoms with Crippen LogP contribution in [0.15, 0.2) is 36.4 Å². The van der Waals surface area contributed by atoms with Crippen LogP contribution in [-0.2, 0) is 10.7 Å². The van der Waals surface area contributed by atoms with Crippen molar-refractivity contribution in [2.24, 2.45) is 5.92 Å². The Morgan fingerprint density at radius 1 is 0.903 bits per heavy atom. The largest absolute Gasteiger partial charge is 0.352 e. The van der Waals surface area contributed by atoms with Crippen molar-refractivity contribution in [2.75, 3.05) is 5.32 Å². The number of anilines is 1. The Kier molecular flexibility index (Phi) is 6.62. The molecule has 3 rings (SSSR count). The number of nitrogens with one attached hydrogen (secondary N) is 2. The van der Waals surface area contributed by atoms with Gasteiger partial charge in [0.1, 0.15) is 5.82 Å². The van der Waals surface area contributed by atoms with Crippen molar-refractivity contribution in [2.45, 2.75) is 44.6 Å². The van der Waals surface area contributed by atoms with Gasteiger partial charge in [0.05, 0.1) is 5.56 Å². The monoisotopic (exact) mass is 440 g/mol. The van der Waals surface area contributed by atoms with Crippen molar-refractivity contribution in [3.63, 3.8) is 0 Å². The van der Waals surface area contributed by atoms with Crippen LogP contribution in [0.3, 0.4) is 0 Å². The van der Waals surface area contributed by atoms with Gasteiger partial charge in [-0.1, -0.05) is 6.92 Å². The summed E-state index contributed by atoms with van der Waals surface area (Å²) in [5.74, 6) is -10.0. The lowest BCUT2D eigenvalue weighted by molar-refractivity contribution is -0.148. The molecule has 0 saturated heterocycles. The van der Waals surface area contributed by atoms with Gasteiger partial charge in [-0.15, -0.1) is 0 Å². The normalized spacial score (nSPS) is 19.0. The average molecular weight is 440 g/mol. The molecule has 0 heterocycles. The van der Waals surface area contributed by atoms with Gasteiger partial charge in [0.15, 0.2) is 11.6 Å². The molecule has 1 saturated carbocycles. The Morgan fingerprint density at radius 3 is 2.19 bits per heavy atom. The van der Waals surface area contributed by atoms with E-state index in [-0.39, 0.29) is 11.3 Å². The zero-order chi connectivity index (χ0) is 22.8. The lowest BCUT2D eigenvalue weighted by Gasteiger charge is -2.28. The second-order valence-corrected chi connectivity index (χ2v) is 7.78. The third kappa shape index (κ3) is 5.21. The molecule has 0 radical (unpaired) electrons. The molecule has 166 valence electrons. The Hall–Kier alpha value is -2.97. The van der Waals surface area contributed by atoms with Gasteiger partial charge in [0.2, 0.25) is 0 Å². The molecule has 1 fully saturated rings. The van der Waals surface area contributed by atoms with Crippen LogP contribution in [0.5, 0.6) is 0 Å². The second-order valence-electron chi connectivity index (χ2n) is 7.78. The van der Waals surface area contributed by atoms with Crippen LogP contribution in [0.4, 0.5) is 27.6 Å². The maximum atomic E-state index is 14.7. The second kappa shape index (κ2) is 9.03. The summed E-state index contributed by atoms with van der Waals surface area (Å²) in [5.41, 5.74) is -1.74. The third-order valence-electron chi connectivity index (χ3n) is 5.38. The van der Waals surface area contributed by atoms with Crippen LogP contribution in [0.25, 0.3) is 0 Å². The van der Waals surface area contributed by atoms with Crippen molar-refractivity contribution in [3.8, 4) is 0 Å². The zero-order valence-corrected chi connectivity index (χ0v) is 16.7. The van der Waals surface area contributed by atoms with Crippen molar-refractivity contribution >= 4 is 17.5 Å². The summed E-state index contributed by atoms with van der Waals surface area (Å²) in [6, 6.07) is 4.33. The summed E-state index contributed by atoms with van der Waals surface area (Å²) in [6.45, 7) is 2.04. The first-order valence-electron chi connectivity index (χ1n) is 9.83. The average Bonchev–Trinajstić information content (AvgIpc) is 2.72. The lowest BCUT2D eigenvalue weighted by Crippen LogP contribution is -2.45. The van der Waals surface area contributed by atoms with Crippen LogP contribution < -0.4 is 10.6 Å². The summed E-state index contributed by atoms with van der Waals surface area (Å²) < 4.78 is 69.9. The molecule has 2 aromatic rings. The summed E-state index contributed by atoms with van der Waals surface area (Å²) in [6.07, 6.45) is 2.71. The predicted octanol–water partition coefficient (Wildman–Crippen LogP) is 5.14. The highest BCUT2D eigenvalue weighted by Gasteiger charge is 2.44. The molecule has 9 heteroatoms. The van der Waals surface area contributed by atoms with Gasteiger partial charge in [-0.2, -0.15) is 8.78 Å². The molecule has 0 unspecified atom stereocenters. The highest BCUT2D eigenvalue weighted by molar-refractivity contribution is 6.04. The summed E-state index contributed by atoms with van der Waals surface area (Å²) in [5, 5.41) is 4.48. The van der Waals surface area contributed by atoms with Crippen molar-refractivity contribution in [1.29, 1.82) is 0 Å². The number of carbonyl (C=O) groups excluding carboxylic acids is 2. The van der Waals surface area contributed by atoms with Crippen LogP contribution in [-0.4, -0.2) is 17.9 Å². The van der Waals surface area contributed by atoms with Gasteiger partial charge in [-0.05, 0) is 61.9 Å². The van der Waals surface area contributed by atoms with Gasteiger partial charge in [-0.25, -0.2) is 13.2 Å². The summed E-state index contributed by atoms with van der Waals surface area (Å²) in [7, 11) is 0. The molecule has 2 N–H and O–H groups in total. The van der Waals surface area contributed by atoms with Crippen molar-refractivity contribution in [3.05, 3.63) is 65.0 Å². The fourth-order valence-corrected chi connectivity index (χ4v) is 3.49. The predicted molar refractivity (Wildman–Crippen MR) is 104 cm³/mol. The molecular weight excluding hydrogens is 419 g/mol. The number of amides is 2. The number of alkyl halides is 2. The molecular formula is C22H21F5N2O2. The van der Waals surface area contributed by atoms with Gasteiger partial charge >= 0.3 is 5.92 Å². The third-order valence-corrected chi connectivity index (χ3v) is 5.38. The fraction of sp³-hybridized carbons (Fsp3) is 0.364. The minimum Gasteiger partial charge on any atom is -0.348 e. The molecule has 0 spiro atoms. The van der Waals surface area contributed by atoms with E-state index in [1.165, 1.54) is 0 Å². The molecule has 0 aliphatic heterocycles. The minimum absolute atomic E-state index is 0.120. The molecule has 31 heavy (non-hydrogen) atoms. The standard InChI is InChI=1S/C22H21F5N2O2/c1-12-2-5-14(6-3-12)29-21(31)22(26,27)16-10-13(4-8-17(16)23)20(30)28-15-7-9-18(24)19(25)11-15/h4,7-12,14H,2-3,5-6H2,1H3,(H,28,30)(H,29,31). The quantitative estimate of drug-likeness (QED) is 0.633. The molecule has 1 aliphatic rings. The van der Waals surface area contributed by atoms with Crippen LogP contribution >= 0.6 is 0 Å². The SMILES string of the molecule is CC1CCC(NC(=O)C(F)(F)c2cc(C(=O)Nc3ccc(F)c(F)c3)ccc2F)CC1. The van der Waals surface area contributed by atoms with Crippen molar-refractivity contribution < 1.29 is 31.5 Å². The molecule has 0 aromatic heterocycles. The fourth-order valence-electron chi connectivity index (χ4n) is 3.49. The number of halogens is 5. The summed E-state index contributed by atoms with van der Waals surface area (Å²) >= 11 is 0. The van der Waals surface area contributed by atoms with Crippen LogP contribution in [0.1, 0.15) is 48.5 Å². The van der Waals surface area contributed by atoms with E-state index in [2.05, 4.69) is 10.6 Å². The molecule has 1 aliphatic carbocycles. The molecule has 0 bridgehead atoms. The van der Waals surface area contributed by atoms with Gasteiger partial charge in [0, 0.05) is 23.4 Å². The van der Waals surface area contributed by atoms with Gasteiger partial charge < -0.3 is 10.6 Å². The van der Waals surface area contributed by atoms with Crippen LogP contribution in [0, 0.1) is 23.4 Å². The number of hydrogen-bond donors (Lipinski definition) is 2. The zero-order valence-electron chi connectivity index (χ0n) is 16.7. The van der Waals surface area contributed by atoms with E-state index >= 15 is 0 Å². The number of hydrogen-bond acceptors (Lipinski definition) is 2. The maximum Gasteiger partial charge on any atom is 0.352 e. The van der Waals surface area contributed by atoms with E-state index in [4.69, 9.17) is 0 Å². The topological polar surface area (TPSA) is 58.2 Å². The van der Waals surface area contributed by atoms with E-state index in [0.29, 0.717) is 37.0 Å². The van der Waals surface area contributed by atoms with E-state index in [9.17, 15) is 31.5 Å². The first-order chi connectivity index (χ1) is 14.6. The van der Waals surface area contributed by atoms with E-state index in [1.807, 2.05) is 6.92 Å². The first kappa shape index (κ1) is 22.7. The van der Waals surface area contributed by atoms with E-state index in [0.717, 1.165) is 31.0 Å². The smallest absolute Gasteiger partial charge is 0.348 e. The first-order valence-corrected chi connectivity index (χ1v) is 9.83.